The van der Waals surface area contributed by atoms with Crippen LogP contribution in [0.25, 0.3) is 27.4 Å². The standard InChI is InChI=1S/C27H16N2O9S3/c30-25(13-9-10-39-12-13)24-21-15-3-1-2-4-16(15)26(31)23-18(7-6-17(22(21)23)29-27(24)32)28-19-11-14(40(33,34)35)5-8-20(19)41(36,37)38/h1-12,28,30H,(H,33,34,35)(H,36,37,38)/b25-24+. The number of thiophene rings is 1. The molecule has 14 heteroatoms. The number of nitrogens with one attached hydrogen (secondary N) is 1. The summed E-state index contributed by atoms with van der Waals surface area (Å²) in [5, 5.41) is 18.1. The van der Waals surface area contributed by atoms with Crippen LogP contribution >= 0.6 is 11.3 Å². The molecule has 0 atom stereocenters. The zero-order chi connectivity index (χ0) is 29.3. The van der Waals surface area contributed by atoms with E-state index in [1.807, 2.05) is 0 Å². The number of benzene rings is 3. The molecule has 0 spiro atoms. The Morgan fingerprint density at radius 3 is 2.22 bits per heavy atom. The highest BCUT2D eigenvalue weighted by molar-refractivity contribution is 7.86. The predicted octanol–water partition coefficient (Wildman–Crippen LogP) is 3.00. The van der Waals surface area contributed by atoms with E-state index in [1.165, 1.54) is 29.5 Å². The second kappa shape index (κ2) is 9.29. The molecule has 0 amide bonds. The lowest BCUT2D eigenvalue weighted by molar-refractivity contribution is 0.479. The third kappa shape index (κ3) is 4.38. The Labute approximate surface area is 234 Å². The molecule has 0 fully saturated rings. The van der Waals surface area contributed by atoms with Gasteiger partial charge in [-0.25, -0.2) is 4.98 Å². The number of fused-ring (bicyclic) bond motifs is 2. The van der Waals surface area contributed by atoms with E-state index in [4.69, 9.17) is 0 Å². The number of anilines is 2. The SMILES string of the molecule is O=c1nc2ccc(Nc3cc(S(=O)(=O)O)ccc3S(=O)(=O)O)c3c2=c(/c1=C(\O)c1ccsc1)c1ccccc1c3=O. The number of aliphatic hydroxyl groups is 1. The molecule has 0 bridgehead atoms. The van der Waals surface area contributed by atoms with Crippen molar-refractivity contribution in [2.45, 2.75) is 9.79 Å². The molecule has 0 radical (unpaired) electrons. The van der Waals surface area contributed by atoms with Gasteiger partial charge in [0.15, 0.2) is 5.43 Å². The molecule has 2 aliphatic rings. The van der Waals surface area contributed by atoms with Crippen molar-refractivity contribution in [3.05, 3.63) is 113 Å². The Balaban J connectivity index is 1.82. The van der Waals surface area contributed by atoms with Crippen LogP contribution < -0.4 is 21.5 Å². The van der Waals surface area contributed by atoms with Gasteiger partial charge in [0.2, 0.25) is 0 Å². The third-order valence-electron chi connectivity index (χ3n) is 6.61. The molecule has 0 saturated carbocycles. The number of aliphatic hydroxyl groups excluding tert-OH is 1. The summed E-state index contributed by atoms with van der Waals surface area (Å²) in [4.78, 5) is 29.9. The topological polar surface area (TPSA) is 188 Å². The molecule has 206 valence electrons. The summed E-state index contributed by atoms with van der Waals surface area (Å²) in [6.07, 6.45) is 0. The first-order chi connectivity index (χ1) is 19.4. The van der Waals surface area contributed by atoms with E-state index in [0.717, 1.165) is 18.2 Å². The van der Waals surface area contributed by atoms with E-state index in [1.54, 1.807) is 35.0 Å². The summed E-state index contributed by atoms with van der Waals surface area (Å²) < 4.78 is 67.0. The van der Waals surface area contributed by atoms with Gasteiger partial charge in [0.05, 0.1) is 32.4 Å². The molecule has 1 aliphatic carbocycles. The Morgan fingerprint density at radius 1 is 0.829 bits per heavy atom. The van der Waals surface area contributed by atoms with Gasteiger partial charge >= 0.3 is 0 Å². The lowest BCUT2D eigenvalue weighted by atomic mass is 9.97. The van der Waals surface area contributed by atoms with E-state index in [0.29, 0.717) is 10.9 Å². The van der Waals surface area contributed by atoms with Crippen LogP contribution in [0.1, 0.15) is 5.56 Å². The fourth-order valence-corrected chi connectivity index (χ4v) is 6.65. The molecule has 3 aromatic carbocycles. The van der Waals surface area contributed by atoms with Gasteiger partial charge in [-0.3, -0.25) is 18.7 Å². The zero-order valence-corrected chi connectivity index (χ0v) is 22.8. The van der Waals surface area contributed by atoms with Crippen LogP contribution in [0.15, 0.2) is 90.8 Å². The number of hydrogen-bond donors (Lipinski definition) is 4. The van der Waals surface area contributed by atoms with Crippen molar-refractivity contribution in [1.29, 1.82) is 0 Å². The Bertz CT molecular complexity index is 2500. The lowest BCUT2D eigenvalue weighted by Crippen LogP contribution is -2.32. The highest BCUT2D eigenvalue weighted by Crippen LogP contribution is 2.31. The average Bonchev–Trinajstić information content (AvgIpc) is 3.45. The van der Waals surface area contributed by atoms with Crippen molar-refractivity contribution >= 4 is 70.4 Å². The minimum atomic E-state index is -4.90. The zero-order valence-electron chi connectivity index (χ0n) is 20.4. The lowest BCUT2D eigenvalue weighted by Gasteiger charge is -2.15. The van der Waals surface area contributed by atoms with Crippen molar-refractivity contribution in [3.8, 4) is 0 Å². The quantitative estimate of drug-likeness (QED) is 0.211. The van der Waals surface area contributed by atoms with Gasteiger partial charge in [0.25, 0.3) is 25.8 Å². The summed E-state index contributed by atoms with van der Waals surface area (Å²) >= 11 is 1.30. The van der Waals surface area contributed by atoms with Crippen LogP contribution in [0.5, 0.6) is 0 Å². The van der Waals surface area contributed by atoms with E-state index in [-0.39, 0.29) is 43.4 Å². The first-order valence-corrected chi connectivity index (χ1v) is 15.5. The molecule has 1 aromatic heterocycles. The summed E-state index contributed by atoms with van der Waals surface area (Å²) in [6, 6.07) is 13.2. The first kappa shape index (κ1) is 26.7. The second-order valence-corrected chi connectivity index (χ2v) is 12.6. The number of hydrogen-bond acceptors (Lipinski definition) is 10. The first-order valence-electron chi connectivity index (χ1n) is 11.6. The maximum absolute atomic E-state index is 13.9. The molecular formula is C27H16N2O9S3. The molecule has 1 aliphatic heterocycles. The van der Waals surface area contributed by atoms with Crippen LogP contribution in [0.4, 0.5) is 11.4 Å². The van der Waals surface area contributed by atoms with Gasteiger partial charge in [-0.1, -0.05) is 24.3 Å². The maximum atomic E-state index is 13.9. The fourth-order valence-electron chi connectivity index (χ4n) is 4.88. The highest BCUT2D eigenvalue weighted by atomic mass is 32.2. The van der Waals surface area contributed by atoms with Gasteiger partial charge in [0, 0.05) is 26.8 Å². The molecule has 6 rings (SSSR count). The molecule has 0 unspecified atom stereocenters. The maximum Gasteiger partial charge on any atom is 0.296 e. The summed E-state index contributed by atoms with van der Waals surface area (Å²) in [7, 11) is -9.67. The van der Waals surface area contributed by atoms with Crippen molar-refractivity contribution in [1.82, 2.24) is 4.98 Å². The molecular weight excluding hydrogens is 593 g/mol. The molecule has 41 heavy (non-hydrogen) atoms. The van der Waals surface area contributed by atoms with Gasteiger partial charge in [-0.15, -0.1) is 0 Å². The smallest absolute Gasteiger partial charge is 0.296 e. The summed E-state index contributed by atoms with van der Waals surface area (Å²) in [6.45, 7) is 0. The highest BCUT2D eigenvalue weighted by Gasteiger charge is 2.22. The third-order valence-corrected chi connectivity index (χ3v) is 9.06. The number of aromatic nitrogens is 1. The molecule has 0 saturated heterocycles. The number of rotatable bonds is 5. The van der Waals surface area contributed by atoms with E-state index >= 15 is 0 Å². The number of nitrogens with zero attached hydrogens (tertiary/aromatic N) is 1. The minimum Gasteiger partial charge on any atom is -0.506 e. The summed E-state index contributed by atoms with van der Waals surface area (Å²) in [5.41, 5.74) is -1.24. The van der Waals surface area contributed by atoms with Crippen molar-refractivity contribution in [2.24, 2.45) is 0 Å². The molecule has 4 aromatic rings. The summed E-state index contributed by atoms with van der Waals surface area (Å²) in [5.74, 6) is -0.344. The normalized spacial score (nSPS) is 13.2. The van der Waals surface area contributed by atoms with Gasteiger partial charge in [0.1, 0.15) is 10.7 Å². The van der Waals surface area contributed by atoms with E-state index in [9.17, 15) is 40.6 Å². The molecule has 4 N–H and O–H groups in total. The van der Waals surface area contributed by atoms with Crippen molar-refractivity contribution in [2.75, 3.05) is 5.32 Å². The van der Waals surface area contributed by atoms with Crippen molar-refractivity contribution < 1.29 is 31.0 Å². The second-order valence-electron chi connectivity index (χ2n) is 9.02. The fraction of sp³-hybridized carbons (Fsp3) is 0. The average molecular weight is 609 g/mol. The van der Waals surface area contributed by atoms with E-state index in [2.05, 4.69) is 10.3 Å². The van der Waals surface area contributed by atoms with Crippen LogP contribution in [-0.2, 0) is 20.2 Å². The van der Waals surface area contributed by atoms with Crippen LogP contribution in [0, 0.1) is 10.4 Å². The van der Waals surface area contributed by atoms with Gasteiger partial charge in [-0.2, -0.15) is 28.2 Å². The van der Waals surface area contributed by atoms with Crippen molar-refractivity contribution in [3.63, 3.8) is 0 Å². The molecule has 2 heterocycles. The Kier molecular flexibility index (Phi) is 6.06. The molecule has 11 nitrogen and oxygen atoms in total. The van der Waals surface area contributed by atoms with E-state index < -0.39 is 46.7 Å². The predicted molar refractivity (Wildman–Crippen MR) is 152 cm³/mol. The monoisotopic (exact) mass is 608 g/mol. The van der Waals surface area contributed by atoms with Crippen LogP contribution in [0.2, 0.25) is 0 Å². The Hall–Kier alpha value is -4.47. The largest absolute Gasteiger partial charge is 0.506 e. The Morgan fingerprint density at radius 2 is 1.56 bits per heavy atom. The van der Waals surface area contributed by atoms with Crippen LogP contribution in [-0.4, -0.2) is 36.0 Å². The van der Waals surface area contributed by atoms with Gasteiger partial charge in [-0.05, 0) is 47.2 Å². The van der Waals surface area contributed by atoms with Crippen LogP contribution in [0.3, 0.4) is 0 Å². The minimum absolute atomic E-state index is 0.0166. The van der Waals surface area contributed by atoms with Gasteiger partial charge < -0.3 is 10.4 Å².